The van der Waals surface area contributed by atoms with E-state index < -0.39 is 0 Å². The fourth-order valence-corrected chi connectivity index (χ4v) is 1.89. The highest BCUT2D eigenvalue weighted by Crippen LogP contribution is 2.36. The molecule has 0 fully saturated rings. The Bertz CT molecular complexity index is 325. The van der Waals surface area contributed by atoms with Crippen LogP contribution in [-0.4, -0.2) is 11.7 Å². The molecular formula is C11H16ClNO. The molecule has 0 spiro atoms. The summed E-state index contributed by atoms with van der Waals surface area (Å²) < 4.78 is 0. The summed E-state index contributed by atoms with van der Waals surface area (Å²) in [5, 5.41) is 10.5. The second kappa shape index (κ2) is 4.67. The zero-order valence-corrected chi connectivity index (χ0v) is 9.30. The van der Waals surface area contributed by atoms with Gasteiger partial charge in [0.1, 0.15) is 5.75 Å². The van der Waals surface area contributed by atoms with Gasteiger partial charge in [0.05, 0.1) is 0 Å². The Morgan fingerprint density at radius 3 is 2.71 bits per heavy atom. The number of rotatable bonds is 3. The Morgan fingerprint density at radius 2 is 2.14 bits per heavy atom. The molecule has 1 rings (SSSR count). The fourth-order valence-electron chi connectivity index (χ4n) is 1.56. The molecule has 0 radical (unpaired) electrons. The molecule has 1 unspecified atom stereocenters. The standard InChI is InChI=1S/C11H16ClNO/c1-7(5-6-13)10-9(12)4-3-8(2)11(10)14/h3-4,7,14H,5-6,13H2,1-2H3. The lowest BCUT2D eigenvalue weighted by Crippen LogP contribution is -2.05. The van der Waals surface area contributed by atoms with Crippen molar-refractivity contribution < 1.29 is 5.11 Å². The highest BCUT2D eigenvalue weighted by atomic mass is 35.5. The summed E-state index contributed by atoms with van der Waals surface area (Å²) in [5.41, 5.74) is 7.15. The molecule has 0 amide bonds. The molecule has 1 aromatic carbocycles. The molecule has 2 nitrogen and oxygen atoms in total. The molecule has 0 aliphatic heterocycles. The molecule has 3 N–H and O–H groups in total. The van der Waals surface area contributed by atoms with Crippen molar-refractivity contribution in [2.75, 3.05) is 6.54 Å². The SMILES string of the molecule is Cc1ccc(Cl)c(C(C)CCN)c1O. The molecule has 0 heterocycles. The van der Waals surface area contributed by atoms with E-state index in [1.54, 1.807) is 0 Å². The van der Waals surface area contributed by atoms with Gasteiger partial charge >= 0.3 is 0 Å². The average molecular weight is 214 g/mol. The van der Waals surface area contributed by atoms with Gasteiger partial charge in [0.2, 0.25) is 0 Å². The monoisotopic (exact) mass is 213 g/mol. The number of halogens is 1. The minimum atomic E-state index is 0.201. The lowest BCUT2D eigenvalue weighted by Gasteiger charge is -2.15. The maximum atomic E-state index is 9.85. The molecule has 0 saturated heterocycles. The predicted molar refractivity (Wildman–Crippen MR) is 59.9 cm³/mol. The van der Waals surface area contributed by atoms with E-state index in [0.29, 0.717) is 17.3 Å². The quantitative estimate of drug-likeness (QED) is 0.811. The number of aromatic hydroxyl groups is 1. The van der Waals surface area contributed by atoms with Gasteiger partial charge in [-0.15, -0.1) is 0 Å². The van der Waals surface area contributed by atoms with Gasteiger partial charge in [0.15, 0.2) is 0 Å². The Morgan fingerprint density at radius 1 is 1.50 bits per heavy atom. The highest BCUT2D eigenvalue weighted by Gasteiger charge is 2.15. The van der Waals surface area contributed by atoms with Crippen LogP contribution in [0.2, 0.25) is 5.02 Å². The first-order valence-corrected chi connectivity index (χ1v) is 5.13. The van der Waals surface area contributed by atoms with E-state index in [0.717, 1.165) is 17.5 Å². The Labute approximate surface area is 89.7 Å². The van der Waals surface area contributed by atoms with Gasteiger partial charge in [-0.1, -0.05) is 24.6 Å². The normalized spacial score (nSPS) is 12.9. The van der Waals surface area contributed by atoms with Crippen LogP contribution in [-0.2, 0) is 0 Å². The topological polar surface area (TPSA) is 46.2 Å². The van der Waals surface area contributed by atoms with E-state index in [1.165, 1.54) is 0 Å². The summed E-state index contributed by atoms with van der Waals surface area (Å²) in [7, 11) is 0. The second-order valence-electron chi connectivity index (χ2n) is 3.60. The van der Waals surface area contributed by atoms with Crippen molar-refractivity contribution in [3.8, 4) is 5.75 Å². The van der Waals surface area contributed by atoms with Crippen LogP contribution < -0.4 is 5.73 Å². The third-order valence-corrected chi connectivity index (χ3v) is 2.79. The molecule has 0 bridgehead atoms. The van der Waals surface area contributed by atoms with Crippen LogP contribution in [0.25, 0.3) is 0 Å². The first-order valence-electron chi connectivity index (χ1n) is 4.76. The third kappa shape index (κ3) is 2.20. The number of hydrogen-bond acceptors (Lipinski definition) is 2. The number of nitrogens with two attached hydrogens (primary N) is 1. The van der Waals surface area contributed by atoms with Crippen LogP contribution in [0.3, 0.4) is 0 Å². The van der Waals surface area contributed by atoms with Crippen LogP contribution in [0, 0.1) is 6.92 Å². The fraction of sp³-hybridized carbons (Fsp3) is 0.455. The summed E-state index contributed by atoms with van der Waals surface area (Å²) in [4.78, 5) is 0. The smallest absolute Gasteiger partial charge is 0.123 e. The minimum Gasteiger partial charge on any atom is -0.507 e. The number of benzene rings is 1. The van der Waals surface area contributed by atoms with Crippen molar-refractivity contribution >= 4 is 11.6 Å². The average Bonchev–Trinajstić information content (AvgIpc) is 2.13. The van der Waals surface area contributed by atoms with E-state index in [9.17, 15) is 5.11 Å². The summed E-state index contributed by atoms with van der Waals surface area (Å²) in [5.74, 6) is 0.505. The van der Waals surface area contributed by atoms with Crippen LogP contribution in [0.15, 0.2) is 12.1 Å². The molecular weight excluding hydrogens is 198 g/mol. The molecule has 0 aromatic heterocycles. The molecule has 3 heteroatoms. The van der Waals surface area contributed by atoms with E-state index in [-0.39, 0.29) is 5.92 Å². The van der Waals surface area contributed by atoms with Gasteiger partial charge in [-0.3, -0.25) is 0 Å². The van der Waals surface area contributed by atoms with Gasteiger partial charge in [-0.05, 0) is 37.4 Å². The Kier molecular flexibility index (Phi) is 3.78. The van der Waals surface area contributed by atoms with Crippen molar-refractivity contribution in [3.05, 3.63) is 28.3 Å². The molecule has 78 valence electrons. The van der Waals surface area contributed by atoms with Crippen LogP contribution >= 0.6 is 11.6 Å². The Balaban J connectivity index is 3.11. The van der Waals surface area contributed by atoms with Crippen LogP contribution in [0.1, 0.15) is 30.4 Å². The van der Waals surface area contributed by atoms with Crippen molar-refractivity contribution in [2.24, 2.45) is 5.73 Å². The van der Waals surface area contributed by atoms with E-state index in [1.807, 2.05) is 26.0 Å². The van der Waals surface area contributed by atoms with Crippen molar-refractivity contribution in [1.29, 1.82) is 0 Å². The van der Waals surface area contributed by atoms with Gasteiger partial charge in [-0.25, -0.2) is 0 Å². The van der Waals surface area contributed by atoms with E-state index in [2.05, 4.69) is 0 Å². The molecule has 0 aliphatic carbocycles. The third-order valence-electron chi connectivity index (χ3n) is 2.46. The molecule has 14 heavy (non-hydrogen) atoms. The van der Waals surface area contributed by atoms with Gasteiger partial charge in [0.25, 0.3) is 0 Å². The summed E-state index contributed by atoms with van der Waals surface area (Å²) in [6.07, 6.45) is 0.830. The van der Waals surface area contributed by atoms with Crippen molar-refractivity contribution in [2.45, 2.75) is 26.2 Å². The maximum absolute atomic E-state index is 9.85. The zero-order chi connectivity index (χ0) is 10.7. The van der Waals surface area contributed by atoms with E-state index in [4.69, 9.17) is 17.3 Å². The van der Waals surface area contributed by atoms with E-state index >= 15 is 0 Å². The first kappa shape index (κ1) is 11.3. The summed E-state index contributed by atoms with van der Waals surface area (Å²) >= 11 is 6.03. The van der Waals surface area contributed by atoms with Crippen LogP contribution in [0.4, 0.5) is 0 Å². The zero-order valence-electron chi connectivity index (χ0n) is 8.55. The molecule has 0 saturated carbocycles. The maximum Gasteiger partial charge on any atom is 0.123 e. The van der Waals surface area contributed by atoms with Gasteiger partial charge in [0, 0.05) is 10.6 Å². The summed E-state index contributed by atoms with van der Waals surface area (Å²) in [6.45, 7) is 4.49. The largest absolute Gasteiger partial charge is 0.507 e. The van der Waals surface area contributed by atoms with Gasteiger partial charge < -0.3 is 10.8 Å². The van der Waals surface area contributed by atoms with Crippen molar-refractivity contribution in [1.82, 2.24) is 0 Å². The number of hydrogen-bond donors (Lipinski definition) is 2. The lowest BCUT2D eigenvalue weighted by atomic mass is 9.95. The number of phenolic OH excluding ortho intramolecular Hbond substituents is 1. The van der Waals surface area contributed by atoms with Gasteiger partial charge in [-0.2, -0.15) is 0 Å². The first-order chi connectivity index (χ1) is 6.57. The van der Waals surface area contributed by atoms with Crippen LogP contribution in [0.5, 0.6) is 5.75 Å². The van der Waals surface area contributed by atoms with Crippen molar-refractivity contribution in [3.63, 3.8) is 0 Å². The summed E-state index contributed by atoms with van der Waals surface area (Å²) in [6, 6.07) is 3.63. The molecule has 0 aliphatic rings. The predicted octanol–water partition coefficient (Wildman–Crippen LogP) is 2.81. The molecule has 1 aromatic rings. The number of aryl methyl sites for hydroxylation is 1. The number of phenols is 1. The Hall–Kier alpha value is -0.730. The lowest BCUT2D eigenvalue weighted by molar-refractivity contribution is 0.457. The minimum absolute atomic E-state index is 0.201. The highest BCUT2D eigenvalue weighted by molar-refractivity contribution is 6.31. The second-order valence-corrected chi connectivity index (χ2v) is 4.01. The molecule has 1 atom stereocenters.